The first-order chi connectivity index (χ1) is 9.32. The van der Waals surface area contributed by atoms with E-state index in [1.165, 1.54) is 12.1 Å². The van der Waals surface area contributed by atoms with Crippen LogP contribution in [0.4, 0.5) is 5.69 Å². The molecule has 0 atom stereocenters. The van der Waals surface area contributed by atoms with Crippen LogP contribution in [0.3, 0.4) is 0 Å². The van der Waals surface area contributed by atoms with Gasteiger partial charge in [-0.15, -0.1) is 5.10 Å². The number of carbonyl (C=O) groups is 1. The molecule has 20 heavy (non-hydrogen) atoms. The second-order valence-corrected chi connectivity index (χ2v) is 3.91. The molecule has 1 heterocycles. The minimum absolute atomic E-state index is 0.0331. The van der Waals surface area contributed by atoms with Crippen LogP contribution in [0.1, 0.15) is 21.7 Å². The molecule has 0 amide bonds. The van der Waals surface area contributed by atoms with Crippen molar-refractivity contribution in [3.63, 3.8) is 0 Å². The number of nitro groups is 1. The molecular weight excluding hydrogens is 266 g/mol. The fraction of sp³-hybridized carbons (Fsp3) is 0.273. The number of nitro benzene ring substituents is 1. The van der Waals surface area contributed by atoms with Gasteiger partial charge in [0, 0.05) is 19.2 Å². The fourth-order valence-corrected chi connectivity index (χ4v) is 1.23. The summed E-state index contributed by atoms with van der Waals surface area (Å²) >= 11 is 0. The number of hydrogen-bond donors (Lipinski definition) is 1. The van der Waals surface area contributed by atoms with E-state index >= 15 is 0 Å². The number of tetrazole rings is 1. The lowest BCUT2D eigenvalue weighted by atomic mass is 10.1. The van der Waals surface area contributed by atoms with E-state index in [-0.39, 0.29) is 11.3 Å². The lowest BCUT2D eigenvalue weighted by Crippen LogP contribution is -2.00. The smallest absolute Gasteiger partial charge is 0.336 e. The van der Waals surface area contributed by atoms with E-state index in [0.29, 0.717) is 5.56 Å². The monoisotopic (exact) mass is 279 g/mol. The molecule has 9 heteroatoms. The molecule has 0 saturated carbocycles. The molecule has 0 aliphatic rings. The second-order valence-electron chi connectivity index (χ2n) is 3.91. The summed E-state index contributed by atoms with van der Waals surface area (Å²) in [6.45, 7) is 3.44. The SMILES string of the molecule is Cc1ccc([N+](=O)[O-])cc1C(=O)O.Cc1nnnn1C. The molecule has 1 aromatic heterocycles. The summed E-state index contributed by atoms with van der Waals surface area (Å²) in [6.07, 6.45) is 0. The van der Waals surface area contributed by atoms with Gasteiger partial charge in [-0.25, -0.2) is 9.48 Å². The number of aryl methyl sites for hydroxylation is 3. The number of non-ortho nitro benzene ring substituents is 1. The average molecular weight is 279 g/mol. The number of nitrogens with zero attached hydrogens (tertiary/aromatic N) is 5. The summed E-state index contributed by atoms with van der Waals surface area (Å²) in [7, 11) is 1.80. The first-order valence-electron chi connectivity index (χ1n) is 5.50. The van der Waals surface area contributed by atoms with Crippen LogP contribution in [0.15, 0.2) is 18.2 Å². The van der Waals surface area contributed by atoms with Crippen molar-refractivity contribution >= 4 is 11.7 Å². The molecule has 0 spiro atoms. The highest BCUT2D eigenvalue weighted by atomic mass is 16.6. The van der Waals surface area contributed by atoms with Crippen LogP contribution in [0, 0.1) is 24.0 Å². The predicted octanol–water partition coefficient (Wildman–Crippen LogP) is 1.12. The molecule has 0 unspecified atom stereocenters. The van der Waals surface area contributed by atoms with Gasteiger partial charge < -0.3 is 5.11 Å². The van der Waals surface area contributed by atoms with Crippen LogP contribution >= 0.6 is 0 Å². The van der Waals surface area contributed by atoms with Crippen LogP contribution in [0.2, 0.25) is 0 Å². The van der Waals surface area contributed by atoms with Gasteiger partial charge in [-0.2, -0.15) is 0 Å². The van der Waals surface area contributed by atoms with Crippen molar-refractivity contribution in [2.24, 2.45) is 7.05 Å². The number of rotatable bonds is 2. The largest absolute Gasteiger partial charge is 0.478 e. The summed E-state index contributed by atoms with van der Waals surface area (Å²) in [6, 6.07) is 3.75. The van der Waals surface area contributed by atoms with Crippen molar-refractivity contribution in [3.8, 4) is 0 Å². The minimum Gasteiger partial charge on any atom is -0.478 e. The van der Waals surface area contributed by atoms with Gasteiger partial charge >= 0.3 is 5.97 Å². The van der Waals surface area contributed by atoms with E-state index in [1.807, 2.05) is 6.92 Å². The quantitative estimate of drug-likeness (QED) is 0.645. The highest BCUT2D eigenvalue weighted by Crippen LogP contribution is 2.16. The number of aromatic nitrogens is 4. The zero-order valence-corrected chi connectivity index (χ0v) is 11.1. The molecule has 0 aliphatic heterocycles. The standard InChI is InChI=1S/C8H7NO4.C3H6N4/c1-5-2-3-6(9(12)13)4-7(5)8(10)11;1-3-4-5-6-7(3)2/h2-4H,1H3,(H,10,11);1-2H3. The van der Waals surface area contributed by atoms with E-state index in [0.717, 1.165) is 11.9 Å². The highest BCUT2D eigenvalue weighted by Gasteiger charge is 2.12. The van der Waals surface area contributed by atoms with Crippen LogP contribution in [-0.4, -0.2) is 36.2 Å². The maximum absolute atomic E-state index is 10.6. The topological polar surface area (TPSA) is 124 Å². The van der Waals surface area contributed by atoms with E-state index < -0.39 is 10.9 Å². The lowest BCUT2D eigenvalue weighted by molar-refractivity contribution is -0.384. The Morgan fingerprint density at radius 2 is 2.05 bits per heavy atom. The maximum Gasteiger partial charge on any atom is 0.336 e. The van der Waals surface area contributed by atoms with Gasteiger partial charge in [0.25, 0.3) is 5.69 Å². The third-order valence-electron chi connectivity index (χ3n) is 2.49. The number of aromatic carboxylic acids is 1. The summed E-state index contributed by atoms with van der Waals surface area (Å²) in [5.41, 5.74) is 0.273. The summed E-state index contributed by atoms with van der Waals surface area (Å²) < 4.78 is 1.61. The fourth-order valence-electron chi connectivity index (χ4n) is 1.23. The van der Waals surface area contributed by atoms with Crippen molar-refractivity contribution in [2.45, 2.75) is 13.8 Å². The first-order valence-corrected chi connectivity index (χ1v) is 5.50. The highest BCUT2D eigenvalue weighted by molar-refractivity contribution is 5.90. The molecule has 0 radical (unpaired) electrons. The summed E-state index contributed by atoms with van der Waals surface area (Å²) in [5.74, 6) is -0.318. The Morgan fingerprint density at radius 1 is 1.40 bits per heavy atom. The lowest BCUT2D eigenvalue weighted by Gasteiger charge is -1.98. The van der Waals surface area contributed by atoms with Crippen LogP contribution in [0.25, 0.3) is 0 Å². The molecule has 2 rings (SSSR count). The average Bonchev–Trinajstić information content (AvgIpc) is 2.74. The molecule has 0 saturated heterocycles. The van der Waals surface area contributed by atoms with Gasteiger partial charge in [-0.05, 0) is 29.8 Å². The van der Waals surface area contributed by atoms with Gasteiger partial charge in [-0.1, -0.05) is 6.07 Å². The van der Waals surface area contributed by atoms with E-state index in [1.54, 1.807) is 18.7 Å². The second kappa shape index (κ2) is 6.36. The van der Waals surface area contributed by atoms with Gasteiger partial charge in [0.2, 0.25) is 0 Å². The molecule has 9 nitrogen and oxygen atoms in total. The van der Waals surface area contributed by atoms with E-state index in [9.17, 15) is 14.9 Å². The first kappa shape index (κ1) is 15.2. The van der Waals surface area contributed by atoms with Crippen molar-refractivity contribution in [2.75, 3.05) is 0 Å². The van der Waals surface area contributed by atoms with Crippen molar-refractivity contribution in [1.29, 1.82) is 0 Å². The van der Waals surface area contributed by atoms with Gasteiger partial charge in [0.15, 0.2) is 0 Å². The van der Waals surface area contributed by atoms with Crippen molar-refractivity contribution in [1.82, 2.24) is 20.2 Å². The zero-order chi connectivity index (χ0) is 15.3. The molecule has 1 N–H and O–H groups in total. The molecule has 0 fully saturated rings. The van der Waals surface area contributed by atoms with Gasteiger partial charge in [0.05, 0.1) is 10.5 Å². The summed E-state index contributed by atoms with van der Waals surface area (Å²) in [5, 5.41) is 29.5. The molecule has 2 aromatic rings. The Bertz CT molecular complexity index is 621. The normalized spacial score (nSPS) is 9.55. The Kier molecular flexibility index (Phi) is 4.84. The third kappa shape index (κ3) is 3.83. The molecule has 0 aliphatic carbocycles. The minimum atomic E-state index is -1.15. The molecule has 106 valence electrons. The summed E-state index contributed by atoms with van der Waals surface area (Å²) in [4.78, 5) is 20.3. The Hall–Kier alpha value is -2.84. The van der Waals surface area contributed by atoms with E-state index in [2.05, 4.69) is 15.5 Å². The zero-order valence-electron chi connectivity index (χ0n) is 11.1. The predicted molar refractivity (Wildman–Crippen MR) is 68.3 cm³/mol. The van der Waals surface area contributed by atoms with Gasteiger partial charge in [0.1, 0.15) is 5.82 Å². The molecule has 1 aromatic carbocycles. The van der Waals surface area contributed by atoms with E-state index in [4.69, 9.17) is 5.11 Å². The molecular formula is C11H13N5O4. The molecule has 0 bridgehead atoms. The Morgan fingerprint density at radius 3 is 2.40 bits per heavy atom. The number of carboxylic acid groups (broad SMARTS) is 1. The van der Waals surface area contributed by atoms with Crippen LogP contribution in [-0.2, 0) is 7.05 Å². The van der Waals surface area contributed by atoms with Gasteiger partial charge in [-0.3, -0.25) is 10.1 Å². The van der Waals surface area contributed by atoms with Crippen LogP contribution in [0.5, 0.6) is 0 Å². The van der Waals surface area contributed by atoms with Crippen molar-refractivity contribution < 1.29 is 14.8 Å². The maximum atomic E-state index is 10.6. The van der Waals surface area contributed by atoms with Crippen molar-refractivity contribution in [3.05, 3.63) is 45.3 Å². The Labute approximate surface area is 114 Å². The number of hydrogen-bond acceptors (Lipinski definition) is 6. The third-order valence-corrected chi connectivity index (χ3v) is 2.49. The Balaban J connectivity index is 0.000000240. The number of carboxylic acids is 1. The number of benzene rings is 1. The van der Waals surface area contributed by atoms with Crippen LogP contribution < -0.4 is 0 Å².